The van der Waals surface area contributed by atoms with Crippen LogP contribution in [0.25, 0.3) is 0 Å². The number of aliphatic hydroxyl groups excluding tert-OH is 1. The molecule has 0 unspecified atom stereocenters. The highest BCUT2D eigenvalue weighted by molar-refractivity contribution is 6.35. The van der Waals surface area contributed by atoms with Gasteiger partial charge in [0.05, 0.1) is 11.1 Å². The first kappa shape index (κ1) is 17.5. The van der Waals surface area contributed by atoms with Crippen molar-refractivity contribution in [1.82, 2.24) is 10.2 Å². The molecule has 1 fully saturated rings. The van der Waals surface area contributed by atoms with Crippen molar-refractivity contribution in [1.29, 1.82) is 0 Å². The number of hydrogen-bond acceptors (Lipinski definition) is 3. The van der Waals surface area contributed by atoms with Gasteiger partial charge in [0.2, 0.25) is 5.91 Å². The van der Waals surface area contributed by atoms with E-state index in [1.807, 2.05) is 6.92 Å². The van der Waals surface area contributed by atoms with Crippen LogP contribution in [0.15, 0.2) is 12.1 Å². The monoisotopic (exact) mass is 348 g/mol. The van der Waals surface area contributed by atoms with E-state index in [1.54, 1.807) is 4.90 Å². The van der Waals surface area contributed by atoms with Crippen LogP contribution in [-0.4, -0.2) is 41.7 Å². The summed E-state index contributed by atoms with van der Waals surface area (Å²) in [6.07, 6.45) is 0.714. The Labute approximate surface area is 139 Å². The number of nitrogens with one attached hydrogen (secondary N) is 1. The van der Waals surface area contributed by atoms with Crippen LogP contribution >= 0.6 is 23.2 Å². The average molecular weight is 349 g/mol. The lowest BCUT2D eigenvalue weighted by molar-refractivity contribution is -0.128. The van der Waals surface area contributed by atoms with Crippen molar-refractivity contribution >= 4 is 29.1 Å². The van der Waals surface area contributed by atoms with Crippen LogP contribution in [0.5, 0.6) is 0 Å². The van der Waals surface area contributed by atoms with Crippen LogP contribution in [-0.2, 0) is 4.79 Å². The lowest BCUT2D eigenvalue weighted by Crippen LogP contribution is -2.39. The first-order valence-corrected chi connectivity index (χ1v) is 7.97. The molecule has 22 heavy (non-hydrogen) atoms. The van der Waals surface area contributed by atoms with Crippen LogP contribution in [0, 0.1) is 5.82 Å². The number of carbonyl (C=O) groups excluding carboxylic acids is 1. The van der Waals surface area contributed by atoms with Crippen molar-refractivity contribution in [2.45, 2.75) is 31.9 Å². The smallest absolute Gasteiger partial charge is 0.222 e. The van der Waals surface area contributed by atoms with Crippen LogP contribution in [0.2, 0.25) is 10.0 Å². The molecule has 4 nitrogen and oxygen atoms in total. The number of amides is 1. The van der Waals surface area contributed by atoms with Crippen LogP contribution in [0.3, 0.4) is 0 Å². The molecule has 7 heteroatoms. The zero-order valence-corrected chi connectivity index (χ0v) is 13.8. The van der Waals surface area contributed by atoms with Crippen molar-refractivity contribution in [2.75, 3.05) is 19.6 Å². The van der Waals surface area contributed by atoms with E-state index in [-0.39, 0.29) is 23.5 Å². The molecule has 2 atom stereocenters. The number of likely N-dealkylation sites (tertiary alicyclic amines) is 1. The standard InChI is InChI=1S/C15H19Cl2FN2O2/c1-9(11-5-14(18)13(17)6-12(11)16)19-7-10(21)8-20-4-2-3-15(20)22/h5-6,9-10,19,21H,2-4,7-8H2,1H3/t9-,10-/m0/s1. The summed E-state index contributed by atoms with van der Waals surface area (Å²) in [6, 6.07) is 2.41. The van der Waals surface area contributed by atoms with Crippen molar-refractivity contribution < 1.29 is 14.3 Å². The first-order valence-electron chi connectivity index (χ1n) is 7.22. The van der Waals surface area contributed by atoms with Gasteiger partial charge in [-0.25, -0.2) is 4.39 Å². The molecule has 1 aromatic rings. The predicted octanol–water partition coefficient (Wildman–Crippen LogP) is 2.77. The van der Waals surface area contributed by atoms with E-state index in [0.717, 1.165) is 6.42 Å². The van der Waals surface area contributed by atoms with Crippen LogP contribution in [0.4, 0.5) is 4.39 Å². The molecule has 2 N–H and O–H groups in total. The van der Waals surface area contributed by atoms with Crippen LogP contribution < -0.4 is 5.32 Å². The van der Waals surface area contributed by atoms with Gasteiger partial charge in [-0.05, 0) is 31.0 Å². The molecular weight excluding hydrogens is 330 g/mol. The number of nitrogens with zero attached hydrogens (tertiary/aromatic N) is 1. The number of hydrogen-bond donors (Lipinski definition) is 2. The molecule has 0 radical (unpaired) electrons. The Bertz CT molecular complexity index is 557. The maximum Gasteiger partial charge on any atom is 0.222 e. The van der Waals surface area contributed by atoms with Crippen molar-refractivity contribution in [3.63, 3.8) is 0 Å². The largest absolute Gasteiger partial charge is 0.390 e. The highest BCUT2D eigenvalue weighted by Gasteiger charge is 2.23. The molecule has 1 amide bonds. The Morgan fingerprint density at radius 2 is 2.14 bits per heavy atom. The van der Waals surface area contributed by atoms with Crippen molar-refractivity contribution in [2.24, 2.45) is 0 Å². The van der Waals surface area contributed by atoms with E-state index < -0.39 is 11.9 Å². The zero-order valence-electron chi connectivity index (χ0n) is 12.3. The lowest BCUT2D eigenvalue weighted by Gasteiger charge is -2.22. The topological polar surface area (TPSA) is 52.6 Å². The fourth-order valence-corrected chi connectivity index (χ4v) is 3.06. The molecule has 1 saturated heterocycles. The molecule has 1 aliphatic rings. The SMILES string of the molecule is C[C@H](NC[C@H](O)CN1CCCC1=O)c1cc(F)c(Cl)cc1Cl. The maximum atomic E-state index is 13.5. The Morgan fingerprint density at radius 1 is 1.41 bits per heavy atom. The summed E-state index contributed by atoms with van der Waals surface area (Å²) < 4.78 is 13.5. The molecule has 2 rings (SSSR count). The summed E-state index contributed by atoms with van der Waals surface area (Å²) in [5.74, 6) is -0.451. The molecule has 0 aliphatic carbocycles. The van der Waals surface area contributed by atoms with Gasteiger partial charge in [-0.1, -0.05) is 23.2 Å². The fraction of sp³-hybridized carbons (Fsp3) is 0.533. The number of benzene rings is 1. The molecular formula is C15H19Cl2FN2O2. The van der Waals surface area contributed by atoms with Gasteiger partial charge in [-0.2, -0.15) is 0 Å². The molecule has 1 aromatic carbocycles. The third-order valence-corrected chi connectivity index (χ3v) is 4.39. The zero-order chi connectivity index (χ0) is 16.3. The van der Waals surface area contributed by atoms with Gasteiger partial charge in [0.1, 0.15) is 5.82 Å². The Kier molecular flexibility index (Phi) is 6.03. The summed E-state index contributed by atoms with van der Waals surface area (Å²) in [7, 11) is 0. The van der Waals surface area contributed by atoms with Gasteiger partial charge < -0.3 is 15.3 Å². The maximum absolute atomic E-state index is 13.5. The van der Waals surface area contributed by atoms with Gasteiger partial charge >= 0.3 is 0 Å². The van der Waals surface area contributed by atoms with Gasteiger partial charge in [0.15, 0.2) is 0 Å². The van der Waals surface area contributed by atoms with Crippen molar-refractivity contribution in [3.05, 3.63) is 33.6 Å². The predicted molar refractivity (Wildman–Crippen MR) is 84.7 cm³/mol. The van der Waals surface area contributed by atoms with Gasteiger partial charge in [-0.15, -0.1) is 0 Å². The van der Waals surface area contributed by atoms with Gasteiger partial charge in [-0.3, -0.25) is 4.79 Å². The summed E-state index contributed by atoms with van der Waals surface area (Å²) in [6.45, 7) is 3.11. The minimum atomic E-state index is -0.680. The van der Waals surface area contributed by atoms with E-state index >= 15 is 0 Å². The first-order chi connectivity index (χ1) is 10.4. The highest BCUT2D eigenvalue weighted by Crippen LogP contribution is 2.28. The molecule has 0 bridgehead atoms. The highest BCUT2D eigenvalue weighted by atomic mass is 35.5. The Morgan fingerprint density at radius 3 is 2.77 bits per heavy atom. The summed E-state index contributed by atoms with van der Waals surface area (Å²) in [5.41, 5.74) is 0.577. The number of halogens is 3. The van der Waals surface area contributed by atoms with E-state index in [1.165, 1.54) is 12.1 Å². The molecule has 0 aromatic heterocycles. The Hall–Kier alpha value is -0.880. The molecule has 1 heterocycles. The number of aliphatic hydroxyl groups is 1. The number of β-amino-alcohol motifs (C(OH)–C–C–N with tert-alkyl or cyclic N) is 1. The second kappa shape index (κ2) is 7.59. The quantitative estimate of drug-likeness (QED) is 0.777. The fourth-order valence-electron chi connectivity index (χ4n) is 2.51. The average Bonchev–Trinajstić information content (AvgIpc) is 2.85. The van der Waals surface area contributed by atoms with E-state index in [2.05, 4.69) is 5.32 Å². The minimum absolute atomic E-state index is 0.0199. The Balaban J connectivity index is 1.88. The van der Waals surface area contributed by atoms with Gasteiger partial charge in [0.25, 0.3) is 0 Å². The third-order valence-electron chi connectivity index (χ3n) is 3.77. The molecule has 0 spiro atoms. The van der Waals surface area contributed by atoms with Crippen LogP contribution in [0.1, 0.15) is 31.4 Å². The lowest BCUT2D eigenvalue weighted by atomic mass is 10.1. The molecule has 1 aliphatic heterocycles. The third kappa shape index (κ3) is 4.32. The van der Waals surface area contributed by atoms with Crippen molar-refractivity contribution in [3.8, 4) is 0 Å². The number of carbonyl (C=O) groups is 1. The number of rotatable bonds is 6. The van der Waals surface area contributed by atoms with E-state index in [0.29, 0.717) is 30.1 Å². The van der Waals surface area contributed by atoms with E-state index in [4.69, 9.17) is 23.2 Å². The summed E-state index contributed by atoms with van der Waals surface area (Å²) >= 11 is 11.7. The normalized spacial score (nSPS) is 17.9. The van der Waals surface area contributed by atoms with E-state index in [9.17, 15) is 14.3 Å². The minimum Gasteiger partial charge on any atom is -0.390 e. The summed E-state index contributed by atoms with van der Waals surface area (Å²) in [5, 5.41) is 13.5. The second-order valence-corrected chi connectivity index (χ2v) is 6.33. The summed E-state index contributed by atoms with van der Waals surface area (Å²) in [4.78, 5) is 13.2. The second-order valence-electron chi connectivity index (χ2n) is 5.51. The van der Waals surface area contributed by atoms with Gasteiger partial charge in [0, 0.05) is 37.1 Å². The molecule has 0 saturated carbocycles. The molecule has 122 valence electrons.